The van der Waals surface area contributed by atoms with Gasteiger partial charge < -0.3 is 10.6 Å². The van der Waals surface area contributed by atoms with Gasteiger partial charge >= 0.3 is 0 Å². The number of hydrogen-bond acceptors (Lipinski definition) is 2. The summed E-state index contributed by atoms with van der Waals surface area (Å²) in [5.74, 6) is -0.310. The van der Waals surface area contributed by atoms with E-state index in [-0.39, 0.29) is 11.7 Å². The molecule has 23 heavy (non-hydrogen) atoms. The first-order valence-corrected chi connectivity index (χ1v) is 7.77. The van der Waals surface area contributed by atoms with Crippen LogP contribution in [0, 0.1) is 12.7 Å². The van der Waals surface area contributed by atoms with Crippen LogP contribution in [-0.2, 0) is 6.54 Å². The van der Waals surface area contributed by atoms with Gasteiger partial charge in [0.15, 0.2) is 0 Å². The third kappa shape index (κ3) is 4.17. The monoisotopic (exact) mass is 314 g/mol. The Balaban J connectivity index is 2.33. The average molecular weight is 314 g/mol. The van der Waals surface area contributed by atoms with Gasteiger partial charge in [-0.3, -0.25) is 4.79 Å². The summed E-state index contributed by atoms with van der Waals surface area (Å²) in [5.41, 5.74) is 4.11. The van der Waals surface area contributed by atoms with Gasteiger partial charge in [0.25, 0.3) is 5.91 Å². The van der Waals surface area contributed by atoms with Crippen LogP contribution in [0.5, 0.6) is 0 Å². The van der Waals surface area contributed by atoms with Crippen molar-refractivity contribution in [2.24, 2.45) is 0 Å². The maximum absolute atomic E-state index is 13.9. The van der Waals surface area contributed by atoms with Gasteiger partial charge in [-0.15, -0.1) is 0 Å². The Bertz CT molecular complexity index is 711. The van der Waals surface area contributed by atoms with Gasteiger partial charge in [0.2, 0.25) is 0 Å². The highest BCUT2D eigenvalue weighted by molar-refractivity contribution is 5.96. The zero-order valence-electron chi connectivity index (χ0n) is 14.0. The molecular weight excluding hydrogens is 291 g/mol. The van der Waals surface area contributed by atoms with Crippen molar-refractivity contribution in [1.29, 1.82) is 0 Å². The Morgan fingerprint density at radius 2 is 1.78 bits per heavy atom. The first-order valence-electron chi connectivity index (χ1n) is 7.77. The lowest BCUT2D eigenvalue weighted by Gasteiger charge is -2.12. The van der Waals surface area contributed by atoms with Crippen LogP contribution in [0.1, 0.15) is 35.3 Å². The highest BCUT2D eigenvalue weighted by Gasteiger charge is 2.10. The molecule has 2 aromatic rings. The molecule has 0 bridgehead atoms. The van der Waals surface area contributed by atoms with E-state index < -0.39 is 0 Å². The lowest BCUT2D eigenvalue weighted by Crippen LogP contribution is -2.22. The third-order valence-electron chi connectivity index (χ3n) is 3.78. The van der Waals surface area contributed by atoms with E-state index in [1.807, 2.05) is 39.0 Å². The molecular formula is C19H23FN2O. The molecule has 0 aromatic heterocycles. The second-order valence-electron chi connectivity index (χ2n) is 5.95. The predicted octanol–water partition coefficient (Wildman–Crippen LogP) is 3.66. The lowest BCUT2D eigenvalue weighted by atomic mass is 9.98. The van der Waals surface area contributed by atoms with Gasteiger partial charge in [-0.05, 0) is 41.8 Å². The number of benzene rings is 2. The minimum absolute atomic E-state index is 0.102. The summed E-state index contributed by atoms with van der Waals surface area (Å²) >= 11 is 0. The Hall–Kier alpha value is -2.20. The molecule has 1 amide bonds. The number of carbonyl (C=O) groups excluding carboxylic acids is 1. The quantitative estimate of drug-likeness (QED) is 0.884. The number of hydrogen-bond donors (Lipinski definition) is 2. The highest BCUT2D eigenvalue weighted by atomic mass is 19.1. The summed E-state index contributed by atoms with van der Waals surface area (Å²) in [6.07, 6.45) is 0. The molecule has 0 aliphatic carbocycles. The van der Waals surface area contributed by atoms with Crippen LogP contribution >= 0.6 is 0 Å². The normalized spacial score (nSPS) is 10.9. The maximum atomic E-state index is 13.9. The van der Waals surface area contributed by atoms with E-state index >= 15 is 0 Å². The molecule has 2 N–H and O–H groups in total. The van der Waals surface area contributed by atoms with E-state index in [1.54, 1.807) is 19.2 Å². The molecule has 0 aliphatic rings. The molecule has 0 saturated heterocycles. The minimum atomic E-state index is -0.208. The van der Waals surface area contributed by atoms with Gasteiger partial charge in [0.1, 0.15) is 5.82 Å². The van der Waals surface area contributed by atoms with Crippen LogP contribution in [0.4, 0.5) is 4.39 Å². The topological polar surface area (TPSA) is 41.1 Å². The summed E-state index contributed by atoms with van der Waals surface area (Å²) < 4.78 is 13.9. The molecule has 0 radical (unpaired) electrons. The zero-order valence-corrected chi connectivity index (χ0v) is 14.0. The van der Waals surface area contributed by atoms with Gasteiger partial charge in [-0.25, -0.2) is 4.39 Å². The number of amides is 1. The van der Waals surface area contributed by atoms with Crippen LogP contribution < -0.4 is 10.6 Å². The number of aryl methyl sites for hydroxylation is 1. The molecule has 2 rings (SSSR count). The van der Waals surface area contributed by atoms with E-state index in [4.69, 9.17) is 0 Å². The second kappa shape index (κ2) is 7.38. The smallest absolute Gasteiger partial charge is 0.251 e. The lowest BCUT2D eigenvalue weighted by molar-refractivity contribution is 0.0962. The fraction of sp³-hybridized carbons (Fsp3) is 0.316. The summed E-state index contributed by atoms with van der Waals surface area (Å²) in [6.45, 7) is 6.46. The molecule has 0 fully saturated rings. The van der Waals surface area contributed by atoms with Crippen LogP contribution in [0.2, 0.25) is 0 Å². The van der Waals surface area contributed by atoms with Gasteiger partial charge in [0.05, 0.1) is 0 Å². The highest BCUT2D eigenvalue weighted by Crippen LogP contribution is 2.24. The summed E-state index contributed by atoms with van der Waals surface area (Å²) in [7, 11) is 1.61. The molecule has 0 spiro atoms. The van der Waals surface area contributed by atoms with E-state index in [1.165, 1.54) is 6.07 Å². The van der Waals surface area contributed by atoms with Crippen molar-refractivity contribution in [3.8, 4) is 11.1 Å². The molecule has 0 aliphatic heterocycles. The SMILES string of the molecule is CNC(=O)c1ccc(-c2ccc(F)c(CNC(C)C)c2)cc1C. The number of nitrogens with one attached hydrogen (secondary N) is 2. The summed E-state index contributed by atoms with van der Waals surface area (Å²) in [4.78, 5) is 11.8. The summed E-state index contributed by atoms with van der Waals surface area (Å²) in [5, 5.41) is 5.86. The van der Waals surface area contributed by atoms with E-state index in [0.29, 0.717) is 23.7 Å². The predicted molar refractivity (Wildman–Crippen MR) is 91.9 cm³/mol. The zero-order chi connectivity index (χ0) is 17.0. The molecule has 0 heterocycles. The fourth-order valence-corrected chi connectivity index (χ4v) is 2.44. The van der Waals surface area contributed by atoms with E-state index in [0.717, 1.165) is 16.7 Å². The summed E-state index contributed by atoms with van der Waals surface area (Å²) in [6, 6.07) is 11.1. The van der Waals surface area contributed by atoms with Crippen LogP contribution in [0.25, 0.3) is 11.1 Å². The van der Waals surface area contributed by atoms with Crippen LogP contribution in [0.15, 0.2) is 36.4 Å². The van der Waals surface area contributed by atoms with Crippen LogP contribution in [-0.4, -0.2) is 19.0 Å². The maximum Gasteiger partial charge on any atom is 0.251 e. The molecule has 3 nitrogen and oxygen atoms in total. The van der Waals surface area contributed by atoms with Gasteiger partial charge in [-0.2, -0.15) is 0 Å². The number of carbonyl (C=O) groups is 1. The Kier molecular flexibility index (Phi) is 5.50. The van der Waals surface area contributed by atoms with Crippen molar-refractivity contribution in [1.82, 2.24) is 10.6 Å². The number of halogens is 1. The van der Waals surface area contributed by atoms with E-state index in [2.05, 4.69) is 10.6 Å². The van der Waals surface area contributed by atoms with Crippen molar-refractivity contribution < 1.29 is 9.18 Å². The van der Waals surface area contributed by atoms with E-state index in [9.17, 15) is 9.18 Å². The molecule has 122 valence electrons. The first kappa shape index (κ1) is 17.2. The fourth-order valence-electron chi connectivity index (χ4n) is 2.44. The second-order valence-corrected chi connectivity index (χ2v) is 5.95. The van der Waals surface area contributed by atoms with Crippen molar-refractivity contribution in [3.63, 3.8) is 0 Å². The molecule has 0 saturated carbocycles. The largest absolute Gasteiger partial charge is 0.355 e. The van der Waals surface area contributed by atoms with Gasteiger partial charge in [0, 0.05) is 30.8 Å². The average Bonchev–Trinajstić information content (AvgIpc) is 2.53. The van der Waals surface area contributed by atoms with Crippen molar-refractivity contribution in [2.75, 3.05) is 7.05 Å². The minimum Gasteiger partial charge on any atom is -0.355 e. The Morgan fingerprint density at radius 1 is 1.13 bits per heavy atom. The molecule has 4 heteroatoms. The van der Waals surface area contributed by atoms with Gasteiger partial charge in [-0.1, -0.05) is 32.0 Å². The Morgan fingerprint density at radius 3 is 2.39 bits per heavy atom. The standard InChI is InChI=1S/C19H23FN2O/c1-12(2)22-11-16-10-15(6-8-18(16)20)14-5-7-17(13(3)9-14)19(23)21-4/h5-10,12,22H,11H2,1-4H3,(H,21,23). The van der Waals surface area contributed by atoms with Crippen LogP contribution in [0.3, 0.4) is 0 Å². The molecule has 2 aromatic carbocycles. The Labute approximate surface area is 136 Å². The molecule has 0 atom stereocenters. The third-order valence-corrected chi connectivity index (χ3v) is 3.78. The van der Waals surface area contributed by atoms with Crippen molar-refractivity contribution in [2.45, 2.75) is 33.4 Å². The van der Waals surface area contributed by atoms with Crippen molar-refractivity contribution >= 4 is 5.91 Å². The van der Waals surface area contributed by atoms with Crippen molar-refractivity contribution in [3.05, 3.63) is 58.9 Å². The first-order chi connectivity index (χ1) is 10.9. The molecule has 0 unspecified atom stereocenters. The number of rotatable bonds is 5.